The molecule has 2 rings (SSSR count). The Bertz CT molecular complexity index is 576. The number of halogens is 3. The molecule has 1 aliphatic carbocycles. The maximum absolute atomic E-state index is 12.4. The summed E-state index contributed by atoms with van der Waals surface area (Å²) < 4.78 is 52.0. The van der Waals surface area contributed by atoms with Crippen molar-refractivity contribution in [3.8, 4) is 0 Å². The predicted octanol–water partition coefficient (Wildman–Crippen LogP) is -0.158. The zero-order valence-corrected chi connectivity index (χ0v) is 12.6. The fraction of sp³-hybridized carbons (Fsp3) is 0.692. The number of esters is 3. The standard InChI is InChI=1S/C13H14F3NO7/c1-4(18)22-7-3-6-8(17-12(21)13(14,15)16)11(20)24-9(6)10(7)23-5(2)19/h6-10H,3H2,1-2H3,(H,17,21)/t6-,7+,8+,9+,10+/m0/s1. The lowest BCUT2D eigenvalue weighted by Crippen LogP contribution is -2.48. The highest BCUT2D eigenvalue weighted by Crippen LogP contribution is 2.40. The van der Waals surface area contributed by atoms with E-state index >= 15 is 0 Å². The monoisotopic (exact) mass is 353 g/mol. The minimum atomic E-state index is -5.17. The van der Waals surface area contributed by atoms with E-state index < -0.39 is 60.3 Å². The third kappa shape index (κ3) is 3.60. The lowest BCUT2D eigenvalue weighted by molar-refractivity contribution is -0.176. The van der Waals surface area contributed by atoms with E-state index in [9.17, 15) is 32.3 Å². The molecule has 0 aromatic heterocycles. The van der Waals surface area contributed by atoms with Gasteiger partial charge in [0.15, 0.2) is 6.10 Å². The van der Waals surface area contributed by atoms with Crippen LogP contribution < -0.4 is 5.32 Å². The van der Waals surface area contributed by atoms with Crippen LogP contribution in [0.1, 0.15) is 20.3 Å². The highest BCUT2D eigenvalue weighted by atomic mass is 19.4. The Morgan fingerprint density at radius 1 is 1.17 bits per heavy atom. The Morgan fingerprint density at radius 2 is 1.75 bits per heavy atom. The number of hydrogen-bond acceptors (Lipinski definition) is 7. The summed E-state index contributed by atoms with van der Waals surface area (Å²) in [5, 5.41) is 1.57. The van der Waals surface area contributed by atoms with Crippen LogP contribution in [0.2, 0.25) is 0 Å². The van der Waals surface area contributed by atoms with Crippen LogP contribution in [0.3, 0.4) is 0 Å². The molecule has 1 saturated carbocycles. The minimum Gasteiger partial charge on any atom is -0.458 e. The number of ether oxygens (including phenoxy) is 3. The Labute approximate surface area is 133 Å². The first-order valence-electron chi connectivity index (χ1n) is 6.93. The number of carbonyl (C=O) groups excluding carboxylic acids is 4. The number of rotatable bonds is 3. The summed E-state index contributed by atoms with van der Waals surface area (Å²) in [5.74, 6) is -5.71. The number of hydrogen-bond donors (Lipinski definition) is 1. The van der Waals surface area contributed by atoms with Gasteiger partial charge in [0.05, 0.1) is 0 Å². The van der Waals surface area contributed by atoms with E-state index in [2.05, 4.69) is 0 Å². The first-order chi connectivity index (χ1) is 11.0. The number of fused-ring (bicyclic) bond motifs is 1. The molecular formula is C13H14F3NO7. The van der Waals surface area contributed by atoms with Gasteiger partial charge < -0.3 is 19.5 Å². The van der Waals surface area contributed by atoms with E-state index in [4.69, 9.17) is 14.2 Å². The average Bonchev–Trinajstić information content (AvgIpc) is 2.86. The van der Waals surface area contributed by atoms with Crippen LogP contribution in [-0.2, 0) is 33.4 Å². The van der Waals surface area contributed by atoms with Crippen LogP contribution in [0.4, 0.5) is 13.2 Å². The van der Waals surface area contributed by atoms with E-state index in [-0.39, 0.29) is 6.42 Å². The summed E-state index contributed by atoms with van der Waals surface area (Å²) in [6, 6.07) is -1.57. The van der Waals surface area contributed by atoms with E-state index in [1.807, 2.05) is 0 Å². The lowest BCUT2D eigenvalue weighted by Gasteiger charge is -2.22. The Balaban J connectivity index is 2.19. The maximum Gasteiger partial charge on any atom is 0.471 e. The molecule has 5 atom stereocenters. The van der Waals surface area contributed by atoms with Crippen molar-refractivity contribution in [3.63, 3.8) is 0 Å². The van der Waals surface area contributed by atoms with Gasteiger partial charge in [-0.25, -0.2) is 4.79 Å². The van der Waals surface area contributed by atoms with Gasteiger partial charge in [0, 0.05) is 19.8 Å². The van der Waals surface area contributed by atoms with Crippen LogP contribution in [0.15, 0.2) is 0 Å². The van der Waals surface area contributed by atoms with Crippen molar-refractivity contribution in [1.29, 1.82) is 0 Å². The second kappa shape index (κ2) is 6.29. The minimum absolute atomic E-state index is 0.100. The first-order valence-corrected chi connectivity index (χ1v) is 6.93. The summed E-state index contributed by atoms with van der Waals surface area (Å²) in [6.45, 7) is 2.19. The highest BCUT2D eigenvalue weighted by molar-refractivity contribution is 5.89. The molecule has 1 aliphatic heterocycles. The van der Waals surface area contributed by atoms with Crippen molar-refractivity contribution < 1.29 is 46.6 Å². The summed E-state index contributed by atoms with van der Waals surface area (Å²) in [6.07, 6.45) is -8.50. The van der Waals surface area contributed by atoms with Gasteiger partial charge >= 0.3 is 30.0 Å². The average molecular weight is 353 g/mol. The normalized spacial score (nSPS) is 31.9. The van der Waals surface area contributed by atoms with Crippen molar-refractivity contribution in [2.45, 2.75) is 50.8 Å². The molecule has 24 heavy (non-hydrogen) atoms. The van der Waals surface area contributed by atoms with Gasteiger partial charge in [-0.2, -0.15) is 13.2 Å². The molecule has 1 saturated heterocycles. The predicted molar refractivity (Wildman–Crippen MR) is 67.1 cm³/mol. The zero-order valence-electron chi connectivity index (χ0n) is 12.6. The number of carbonyl (C=O) groups is 4. The molecular weight excluding hydrogens is 339 g/mol. The second-order valence-corrected chi connectivity index (χ2v) is 5.47. The fourth-order valence-corrected chi connectivity index (χ4v) is 2.91. The summed E-state index contributed by atoms with van der Waals surface area (Å²) in [7, 11) is 0. The largest absolute Gasteiger partial charge is 0.471 e. The molecule has 11 heteroatoms. The molecule has 0 unspecified atom stereocenters. The number of nitrogens with one attached hydrogen (secondary N) is 1. The molecule has 2 aliphatic rings. The molecule has 0 aromatic carbocycles. The Hall–Kier alpha value is -2.33. The summed E-state index contributed by atoms with van der Waals surface area (Å²) in [4.78, 5) is 45.1. The zero-order chi connectivity index (χ0) is 18.2. The van der Waals surface area contributed by atoms with Crippen LogP contribution in [-0.4, -0.2) is 54.3 Å². The van der Waals surface area contributed by atoms with Gasteiger partial charge in [-0.1, -0.05) is 0 Å². The number of alkyl halides is 3. The van der Waals surface area contributed by atoms with Crippen molar-refractivity contribution in [1.82, 2.24) is 5.32 Å². The molecule has 0 aromatic rings. The number of amides is 1. The lowest BCUT2D eigenvalue weighted by atomic mass is 9.98. The van der Waals surface area contributed by atoms with Crippen LogP contribution in [0, 0.1) is 5.92 Å². The highest BCUT2D eigenvalue weighted by Gasteiger charge is 2.60. The molecule has 1 amide bonds. The topological polar surface area (TPSA) is 108 Å². The van der Waals surface area contributed by atoms with Gasteiger partial charge in [0.2, 0.25) is 0 Å². The van der Waals surface area contributed by atoms with Gasteiger partial charge in [-0.05, 0) is 6.42 Å². The fourth-order valence-electron chi connectivity index (χ4n) is 2.91. The van der Waals surface area contributed by atoms with E-state index in [1.165, 1.54) is 0 Å². The molecule has 134 valence electrons. The van der Waals surface area contributed by atoms with E-state index in [1.54, 1.807) is 5.32 Å². The van der Waals surface area contributed by atoms with Crippen molar-refractivity contribution >= 4 is 23.8 Å². The van der Waals surface area contributed by atoms with Crippen LogP contribution in [0.5, 0.6) is 0 Å². The van der Waals surface area contributed by atoms with Gasteiger partial charge in [-0.15, -0.1) is 0 Å². The molecule has 0 bridgehead atoms. The van der Waals surface area contributed by atoms with E-state index in [0.717, 1.165) is 13.8 Å². The Kier molecular flexibility index (Phi) is 4.72. The SMILES string of the molecule is CC(=O)O[C@H]1[C@@H]2OC(=O)[C@H](NC(=O)C(F)(F)F)[C@@H]2C[C@H]1OC(C)=O. The first kappa shape index (κ1) is 18.0. The maximum atomic E-state index is 12.4. The molecule has 2 fully saturated rings. The van der Waals surface area contributed by atoms with E-state index in [0.29, 0.717) is 0 Å². The quantitative estimate of drug-likeness (QED) is 0.555. The molecule has 1 heterocycles. The summed E-state index contributed by atoms with van der Waals surface area (Å²) in [5.41, 5.74) is 0. The smallest absolute Gasteiger partial charge is 0.458 e. The van der Waals surface area contributed by atoms with Crippen molar-refractivity contribution in [2.75, 3.05) is 0 Å². The van der Waals surface area contributed by atoms with Crippen molar-refractivity contribution in [2.24, 2.45) is 5.92 Å². The van der Waals surface area contributed by atoms with Gasteiger partial charge in [0.1, 0.15) is 18.2 Å². The van der Waals surface area contributed by atoms with Crippen LogP contribution in [0.25, 0.3) is 0 Å². The third-order valence-electron chi connectivity index (χ3n) is 3.71. The molecule has 0 radical (unpaired) electrons. The third-order valence-corrected chi connectivity index (χ3v) is 3.71. The second-order valence-electron chi connectivity index (χ2n) is 5.47. The van der Waals surface area contributed by atoms with Crippen LogP contribution >= 0.6 is 0 Å². The van der Waals surface area contributed by atoms with Crippen molar-refractivity contribution in [3.05, 3.63) is 0 Å². The molecule has 1 N–H and O–H groups in total. The van der Waals surface area contributed by atoms with Gasteiger partial charge in [-0.3, -0.25) is 14.4 Å². The van der Waals surface area contributed by atoms with Gasteiger partial charge in [0.25, 0.3) is 0 Å². The Morgan fingerprint density at radius 3 is 2.25 bits per heavy atom. The molecule has 8 nitrogen and oxygen atoms in total. The molecule has 0 spiro atoms. The summed E-state index contributed by atoms with van der Waals surface area (Å²) >= 11 is 0.